The summed E-state index contributed by atoms with van der Waals surface area (Å²) in [6.07, 6.45) is 5.26. The van der Waals surface area contributed by atoms with Crippen molar-refractivity contribution in [3.8, 4) is 0 Å². The van der Waals surface area contributed by atoms with E-state index in [1.807, 2.05) is 0 Å². The van der Waals surface area contributed by atoms with Gasteiger partial charge in [0, 0.05) is 23.6 Å². The molecular weight excluding hydrogens is 204 g/mol. The van der Waals surface area contributed by atoms with Crippen molar-refractivity contribution >= 4 is 11.8 Å². The maximum absolute atomic E-state index is 6.18. The van der Waals surface area contributed by atoms with Crippen molar-refractivity contribution in [2.45, 2.75) is 43.9 Å². The van der Waals surface area contributed by atoms with Crippen LogP contribution in [0, 0.1) is 5.92 Å². The summed E-state index contributed by atoms with van der Waals surface area (Å²) in [6, 6.07) is 0.444. The summed E-state index contributed by atoms with van der Waals surface area (Å²) in [6.45, 7) is 3.48. The zero-order valence-electron chi connectivity index (χ0n) is 10.4. The van der Waals surface area contributed by atoms with Gasteiger partial charge >= 0.3 is 0 Å². The molecule has 0 spiro atoms. The Labute approximate surface area is 99.0 Å². The van der Waals surface area contributed by atoms with E-state index in [4.69, 9.17) is 5.73 Å². The lowest BCUT2D eigenvalue weighted by Gasteiger charge is -2.33. The number of nitrogens with zero attached hydrogens (tertiary/aromatic N) is 1. The Kier molecular flexibility index (Phi) is 6.02. The largest absolute Gasteiger partial charge is 0.327 e. The Morgan fingerprint density at radius 1 is 1.33 bits per heavy atom. The highest BCUT2D eigenvalue weighted by Crippen LogP contribution is 2.33. The molecule has 2 N–H and O–H groups in total. The number of nitrogens with two attached hydrogens (primary N) is 1. The molecule has 1 aliphatic carbocycles. The van der Waals surface area contributed by atoms with Crippen molar-refractivity contribution in [2.24, 2.45) is 11.7 Å². The van der Waals surface area contributed by atoms with Crippen molar-refractivity contribution in [2.75, 3.05) is 26.4 Å². The predicted octanol–water partition coefficient (Wildman–Crippen LogP) is 2.19. The average Bonchev–Trinajstić information content (AvgIpc) is 2.20. The highest BCUT2D eigenvalue weighted by molar-refractivity contribution is 8.00. The lowest BCUT2D eigenvalue weighted by atomic mass is 9.84. The van der Waals surface area contributed by atoms with E-state index in [9.17, 15) is 0 Å². The maximum Gasteiger partial charge on any atom is 0.0202 e. The molecule has 0 aromatic carbocycles. The summed E-state index contributed by atoms with van der Waals surface area (Å²) in [5, 5.41) is 0.712. The monoisotopic (exact) mass is 230 g/mol. The van der Waals surface area contributed by atoms with E-state index in [2.05, 4.69) is 37.7 Å². The minimum absolute atomic E-state index is 0.444. The summed E-state index contributed by atoms with van der Waals surface area (Å²) < 4.78 is 0. The van der Waals surface area contributed by atoms with Gasteiger partial charge in [-0.25, -0.2) is 0 Å². The Morgan fingerprint density at radius 3 is 2.67 bits per heavy atom. The molecule has 90 valence electrons. The molecule has 0 amide bonds. The van der Waals surface area contributed by atoms with Gasteiger partial charge in [0.2, 0.25) is 0 Å². The van der Waals surface area contributed by atoms with Crippen molar-refractivity contribution < 1.29 is 0 Å². The highest BCUT2D eigenvalue weighted by atomic mass is 32.2. The van der Waals surface area contributed by atoms with E-state index >= 15 is 0 Å². The van der Waals surface area contributed by atoms with Gasteiger partial charge in [0.05, 0.1) is 0 Å². The van der Waals surface area contributed by atoms with E-state index in [0.717, 1.165) is 5.92 Å². The fraction of sp³-hybridized carbons (Fsp3) is 1.00. The first-order valence-electron chi connectivity index (χ1n) is 6.15. The second-order valence-electron chi connectivity index (χ2n) is 4.96. The molecule has 3 unspecified atom stereocenters. The van der Waals surface area contributed by atoms with E-state index in [-0.39, 0.29) is 0 Å². The van der Waals surface area contributed by atoms with E-state index in [0.29, 0.717) is 11.3 Å². The summed E-state index contributed by atoms with van der Waals surface area (Å²) in [5.41, 5.74) is 6.18. The molecule has 0 aromatic rings. The minimum Gasteiger partial charge on any atom is -0.327 e. The molecule has 0 aliphatic heterocycles. The first-order chi connectivity index (χ1) is 7.13. The molecule has 0 radical (unpaired) electrons. The van der Waals surface area contributed by atoms with Gasteiger partial charge in [-0.1, -0.05) is 13.3 Å². The van der Waals surface area contributed by atoms with Gasteiger partial charge < -0.3 is 10.6 Å². The lowest BCUT2D eigenvalue weighted by Crippen LogP contribution is -2.38. The van der Waals surface area contributed by atoms with Gasteiger partial charge in [-0.15, -0.1) is 0 Å². The molecule has 1 aliphatic rings. The van der Waals surface area contributed by atoms with E-state index in [1.165, 1.54) is 38.0 Å². The van der Waals surface area contributed by atoms with Crippen LogP contribution in [0.3, 0.4) is 0 Å². The summed E-state index contributed by atoms with van der Waals surface area (Å²) in [5.74, 6) is 2.16. The molecule has 3 heteroatoms. The van der Waals surface area contributed by atoms with Crippen molar-refractivity contribution in [1.82, 2.24) is 4.90 Å². The first-order valence-corrected chi connectivity index (χ1v) is 7.20. The molecule has 1 fully saturated rings. The third kappa shape index (κ3) is 4.75. The van der Waals surface area contributed by atoms with Crippen LogP contribution >= 0.6 is 11.8 Å². The van der Waals surface area contributed by atoms with Crippen LogP contribution in [0.15, 0.2) is 0 Å². The van der Waals surface area contributed by atoms with Crippen LogP contribution in [-0.2, 0) is 0 Å². The molecule has 0 bridgehead atoms. The van der Waals surface area contributed by atoms with E-state index in [1.54, 1.807) is 0 Å². The average molecular weight is 230 g/mol. The highest BCUT2D eigenvalue weighted by Gasteiger charge is 2.27. The van der Waals surface area contributed by atoms with Gasteiger partial charge in [-0.2, -0.15) is 11.8 Å². The van der Waals surface area contributed by atoms with Gasteiger partial charge in [-0.3, -0.25) is 0 Å². The molecule has 15 heavy (non-hydrogen) atoms. The van der Waals surface area contributed by atoms with E-state index < -0.39 is 0 Å². The van der Waals surface area contributed by atoms with Gasteiger partial charge in [0.15, 0.2) is 0 Å². The van der Waals surface area contributed by atoms with Crippen LogP contribution in [-0.4, -0.2) is 42.6 Å². The maximum atomic E-state index is 6.18. The summed E-state index contributed by atoms with van der Waals surface area (Å²) in [4.78, 5) is 2.25. The fourth-order valence-corrected chi connectivity index (χ4v) is 3.75. The zero-order chi connectivity index (χ0) is 11.3. The Balaban J connectivity index is 2.25. The van der Waals surface area contributed by atoms with Gasteiger partial charge in [0.1, 0.15) is 0 Å². The van der Waals surface area contributed by atoms with Gasteiger partial charge in [0.25, 0.3) is 0 Å². The predicted molar refractivity (Wildman–Crippen MR) is 70.4 cm³/mol. The number of hydrogen-bond acceptors (Lipinski definition) is 3. The van der Waals surface area contributed by atoms with Gasteiger partial charge in [-0.05, 0) is 39.3 Å². The number of hydrogen-bond donors (Lipinski definition) is 1. The van der Waals surface area contributed by atoms with Crippen molar-refractivity contribution in [1.29, 1.82) is 0 Å². The smallest absolute Gasteiger partial charge is 0.0202 e. The van der Waals surface area contributed by atoms with Crippen LogP contribution in [0.5, 0.6) is 0 Å². The molecule has 3 atom stereocenters. The zero-order valence-corrected chi connectivity index (χ0v) is 11.2. The Morgan fingerprint density at radius 2 is 2.07 bits per heavy atom. The molecule has 2 nitrogen and oxygen atoms in total. The molecular formula is C12H26N2S. The first kappa shape index (κ1) is 13.3. The van der Waals surface area contributed by atoms with Crippen LogP contribution < -0.4 is 5.73 Å². The third-order valence-corrected chi connectivity index (χ3v) is 4.79. The third-order valence-electron chi connectivity index (χ3n) is 3.40. The van der Waals surface area contributed by atoms with Crippen LogP contribution in [0.1, 0.15) is 32.6 Å². The number of thioether (sulfide) groups is 1. The number of rotatable bonds is 5. The van der Waals surface area contributed by atoms with Crippen molar-refractivity contribution in [3.05, 3.63) is 0 Å². The van der Waals surface area contributed by atoms with Crippen LogP contribution in [0.4, 0.5) is 0 Å². The second kappa shape index (κ2) is 6.77. The second-order valence-corrected chi connectivity index (χ2v) is 6.31. The molecule has 0 heterocycles. The quantitative estimate of drug-likeness (QED) is 0.785. The molecule has 0 saturated heterocycles. The molecule has 1 rings (SSSR count). The van der Waals surface area contributed by atoms with Crippen LogP contribution in [0.2, 0.25) is 0 Å². The van der Waals surface area contributed by atoms with Crippen LogP contribution in [0.25, 0.3) is 0 Å². The fourth-order valence-electron chi connectivity index (χ4n) is 2.18. The lowest BCUT2D eigenvalue weighted by molar-refractivity contribution is 0.327. The van der Waals surface area contributed by atoms with Crippen molar-refractivity contribution in [3.63, 3.8) is 0 Å². The summed E-state index contributed by atoms with van der Waals surface area (Å²) >= 11 is 2.09. The SMILES string of the molecule is CCC1CCC(N)C(SCCN(C)C)C1. The topological polar surface area (TPSA) is 29.3 Å². The minimum atomic E-state index is 0.444. The Hall–Kier alpha value is 0.270. The molecule has 0 aromatic heterocycles. The Bertz CT molecular complexity index is 173. The molecule has 1 saturated carbocycles. The summed E-state index contributed by atoms with van der Waals surface area (Å²) in [7, 11) is 4.27. The standard InChI is InChI=1S/C12H26N2S/c1-4-10-5-6-11(13)12(9-10)15-8-7-14(2)3/h10-12H,4-9,13H2,1-3H3. The normalized spacial score (nSPS) is 32.2.